The third-order valence-corrected chi connectivity index (χ3v) is 8.95. The highest BCUT2D eigenvalue weighted by molar-refractivity contribution is 5.16. The monoisotopic (exact) mass is 316 g/mol. The summed E-state index contributed by atoms with van der Waals surface area (Å²) in [5.74, 6) is 5.51. The Morgan fingerprint density at radius 1 is 0.913 bits per heavy atom. The molecule has 4 rings (SSSR count). The topological polar surface area (TPSA) is 40.5 Å². The number of aliphatic hydroxyl groups excluding tert-OH is 1. The van der Waals surface area contributed by atoms with Crippen LogP contribution < -0.4 is 0 Å². The van der Waals surface area contributed by atoms with Crippen molar-refractivity contribution in [3.63, 3.8) is 0 Å². The predicted octanol–water partition coefficient (Wildman–Crippen LogP) is 3.75. The first kappa shape index (κ1) is 16.0. The van der Waals surface area contributed by atoms with Crippen molar-refractivity contribution < 1.29 is 10.2 Å². The van der Waals surface area contributed by atoms with E-state index >= 15 is 0 Å². The van der Waals surface area contributed by atoms with Crippen molar-refractivity contribution in [2.45, 2.75) is 83.3 Å². The molecule has 4 saturated carbocycles. The first-order valence-electron chi connectivity index (χ1n) is 9.71. The quantitative estimate of drug-likeness (QED) is 0.668. The van der Waals surface area contributed by atoms with Crippen molar-refractivity contribution >= 4 is 0 Å². The van der Waals surface area contributed by atoms with Crippen LogP contribution in [-0.4, -0.2) is 21.9 Å². The van der Waals surface area contributed by atoms with E-state index in [1.54, 1.807) is 0 Å². The van der Waals surface area contributed by atoms with Gasteiger partial charge in [-0.1, -0.05) is 19.8 Å². The Kier molecular flexibility index (Phi) is 3.47. The van der Waals surface area contributed by atoms with Crippen LogP contribution in [0.25, 0.3) is 0 Å². The van der Waals surface area contributed by atoms with E-state index in [0.29, 0.717) is 17.3 Å². The summed E-state index contributed by atoms with van der Waals surface area (Å²) in [6, 6.07) is 0. The fourth-order valence-electron chi connectivity index (χ4n) is 7.35. The van der Waals surface area contributed by atoms with E-state index in [2.05, 4.69) is 19.8 Å². The molecule has 2 nitrogen and oxygen atoms in total. The lowest BCUT2D eigenvalue weighted by atomic mass is 9.44. The molecule has 0 aromatic carbocycles. The van der Waals surface area contributed by atoms with Crippen molar-refractivity contribution in [2.24, 2.45) is 34.5 Å². The molecule has 23 heavy (non-hydrogen) atoms. The standard InChI is InChI=1S/C21H32O2/c1-4-21(23)12-11-19(2)14(13-21)5-6-15-16-7-8-18(22)20(16,3)10-9-17(15)19/h1,14-18,22-23H,5-13H2,2-3H3/t14-,15-,16-,17-,18-,19-,20-,21-/m0/s1. The van der Waals surface area contributed by atoms with E-state index < -0.39 is 5.60 Å². The Balaban J connectivity index is 1.61. The zero-order chi connectivity index (χ0) is 16.5. The summed E-state index contributed by atoms with van der Waals surface area (Å²) in [6.45, 7) is 4.83. The molecule has 8 atom stereocenters. The van der Waals surface area contributed by atoms with Crippen molar-refractivity contribution in [3.05, 3.63) is 0 Å². The van der Waals surface area contributed by atoms with Crippen molar-refractivity contribution in [1.82, 2.24) is 0 Å². The summed E-state index contributed by atoms with van der Waals surface area (Å²) in [5, 5.41) is 21.1. The fourth-order valence-corrected chi connectivity index (χ4v) is 7.35. The van der Waals surface area contributed by atoms with Gasteiger partial charge in [-0.05, 0) is 92.3 Å². The van der Waals surface area contributed by atoms with E-state index in [0.717, 1.165) is 37.5 Å². The molecule has 0 heterocycles. The maximum atomic E-state index is 10.6. The lowest BCUT2D eigenvalue weighted by Crippen LogP contribution is -2.56. The first-order valence-corrected chi connectivity index (χ1v) is 9.71. The minimum Gasteiger partial charge on any atom is -0.393 e. The van der Waals surface area contributed by atoms with Crippen LogP contribution in [0.5, 0.6) is 0 Å². The van der Waals surface area contributed by atoms with Gasteiger partial charge in [-0.3, -0.25) is 0 Å². The highest BCUT2D eigenvalue weighted by Crippen LogP contribution is 2.66. The molecule has 0 amide bonds. The van der Waals surface area contributed by atoms with Crippen molar-refractivity contribution in [2.75, 3.05) is 0 Å². The van der Waals surface area contributed by atoms with Crippen molar-refractivity contribution in [1.29, 1.82) is 0 Å². The number of fused-ring (bicyclic) bond motifs is 5. The maximum Gasteiger partial charge on any atom is 0.125 e. The van der Waals surface area contributed by atoms with Crippen LogP contribution in [0.1, 0.15) is 71.6 Å². The van der Waals surface area contributed by atoms with E-state index in [1.807, 2.05) is 0 Å². The van der Waals surface area contributed by atoms with E-state index in [4.69, 9.17) is 6.42 Å². The summed E-state index contributed by atoms with van der Waals surface area (Å²) in [7, 11) is 0. The van der Waals surface area contributed by atoms with Gasteiger partial charge in [-0.25, -0.2) is 0 Å². The highest BCUT2D eigenvalue weighted by Gasteiger charge is 2.60. The van der Waals surface area contributed by atoms with Gasteiger partial charge in [-0.15, -0.1) is 6.42 Å². The smallest absolute Gasteiger partial charge is 0.125 e. The summed E-state index contributed by atoms with van der Waals surface area (Å²) >= 11 is 0. The average molecular weight is 316 g/mol. The van der Waals surface area contributed by atoms with E-state index in [1.165, 1.54) is 32.1 Å². The summed E-state index contributed by atoms with van der Waals surface area (Å²) in [4.78, 5) is 0. The number of terminal acetylenes is 1. The molecule has 0 aromatic rings. The Hall–Kier alpha value is -0.520. The predicted molar refractivity (Wildman–Crippen MR) is 91.5 cm³/mol. The van der Waals surface area contributed by atoms with Crippen LogP contribution in [0, 0.1) is 46.8 Å². The van der Waals surface area contributed by atoms with Gasteiger partial charge in [0.2, 0.25) is 0 Å². The lowest BCUT2D eigenvalue weighted by molar-refractivity contribution is -0.143. The number of hydrogen-bond acceptors (Lipinski definition) is 2. The van der Waals surface area contributed by atoms with Gasteiger partial charge in [0, 0.05) is 0 Å². The maximum absolute atomic E-state index is 10.6. The second-order valence-corrected chi connectivity index (χ2v) is 9.67. The Bertz CT molecular complexity index is 536. The molecule has 0 aromatic heterocycles. The first-order chi connectivity index (χ1) is 10.8. The Morgan fingerprint density at radius 3 is 2.39 bits per heavy atom. The second-order valence-electron chi connectivity index (χ2n) is 9.67. The van der Waals surface area contributed by atoms with Gasteiger partial charge in [0.15, 0.2) is 0 Å². The molecule has 4 aliphatic carbocycles. The van der Waals surface area contributed by atoms with Gasteiger partial charge in [0.05, 0.1) is 6.10 Å². The van der Waals surface area contributed by atoms with Crippen LogP contribution in [0.15, 0.2) is 0 Å². The number of hydrogen-bond donors (Lipinski definition) is 2. The van der Waals surface area contributed by atoms with Gasteiger partial charge in [0.25, 0.3) is 0 Å². The fraction of sp³-hybridized carbons (Fsp3) is 0.905. The lowest BCUT2D eigenvalue weighted by Gasteiger charge is -2.61. The zero-order valence-electron chi connectivity index (χ0n) is 14.7. The molecule has 0 spiro atoms. The molecule has 4 aliphatic rings. The molecule has 0 aliphatic heterocycles. The van der Waals surface area contributed by atoms with Crippen LogP contribution in [0.4, 0.5) is 0 Å². The van der Waals surface area contributed by atoms with Gasteiger partial charge >= 0.3 is 0 Å². The van der Waals surface area contributed by atoms with Gasteiger partial charge in [-0.2, -0.15) is 0 Å². The molecule has 0 saturated heterocycles. The second kappa shape index (κ2) is 4.99. The molecule has 128 valence electrons. The summed E-state index contributed by atoms with van der Waals surface area (Å²) < 4.78 is 0. The molecule has 0 bridgehead atoms. The third kappa shape index (κ3) is 2.09. The van der Waals surface area contributed by atoms with Gasteiger partial charge in [0.1, 0.15) is 5.60 Å². The van der Waals surface area contributed by atoms with Gasteiger partial charge < -0.3 is 10.2 Å². The molecule has 0 unspecified atom stereocenters. The number of aliphatic hydroxyl groups is 2. The van der Waals surface area contributed by atoms with Crippen LogP contribution in [0.3, 0.4) is 0 Å². The largest absolute Gasteiger partial charge is 0.393 e. The van der Waals surface area contributed by atoms with Crippen molar-refractivity contribution in [3.8, 4) is 12.3 Å². The molecular weight excluding hydrogens is 284 g/mol. The van der Waals surface area contributed by atoms with Crippen LogP contribution in [0.2, 0.25) is 0 Å². The minimum absolute atomic E-state index is 0.0862. The third-order valence-electron chi connectivity index (χ3n) is 8.95. The van der Waals surface area contributed by atoms with Crippen LogP contribution in [-0.2, 0) is 0 Å². The van der Waals surface area contributed by atoms with Crippen LogP contribution >= 0.6 is 0 Å². The molecule has 2 heteroatoms. The SMILES string of the molecule is C#C[C@]1(O)CC[C@@]2(C)[C@@H](CC[C@@H]3[C@@H]2CC[C@]2(C)[C@@H](O)CC[C@@H]32)C1. The van der Waals surface area contributed by atoms with E-state index in [9.17, 15) is 10.2 Å². The normalized spacial score (nSPS) is 58.7. The zero-order valence-corrected chi connectivity index (χ0v) is 14.7. The molecule has 0 radical (unpaired) electrons. The highest BCUT2D eigenvalue weighted by atomic mass is 16.3. The minimum atomic E-state index is -0.857. The number of rotatable bonds is 0. The summed E-state index contributed by atoms with van der Waals surface area (Å²) in [6.07, 6.45) is 15.3. The average Bonchev–Trinajstić information content (AvgIpc) is 2.84. The Labute approximate surface area is 141 Å². The molecule has 4 fully saturated rings. The Morgan fingerprint density at radius 2 is 1.65 bits per heavy atom. The summed E-state index contributed by atoms with van der Waals surface area (Å²) in [5.41, 5.74) is -0.344. The van der Waals surface area contributed by atoms with E-state index in [-0.39, 0.29) is 11.5 Å². The molecular formula is C21H32O2. The molecule has 2 N–H and O–H groups in total.